The molecule has 0 aliphatic rings. The summed E-state index contributed by atoms with van der Waals surface area (Å²) in [5.41, 5.74) is 1.49. The number of rotatable bonds is 6. The zero-order valence-electron chi connectivity index (χ0n) is 17.5. The molecule has 0 atom stereocenters. The van der Waals surface area contributed by atoms with E-state index in [0.29, 0.717) is 33.3 Å². The van der Waals surface area contributed by atoms with Crippen LogP contribution in [0.5, 0.6) is 11.5 Å². The molecule has 32 heavy (non-hydrogen) atoms. The summed E-state index contributed by atoms with van der Waals surface area (Å²) in [5, 5.41) is 8.81. The van der Waals surface area contributed by atoms with Crippen molar-refractivity contribution in [2.75, 3.05) is 19.5 Å². The number of hydrogen-bond donors (Lipinski definition) is 1. The van der Waals surface area contributed by atoms with Crippen molar-refractivity contribution in [3.63, 3.8) is 0 Å². The zero-order valence-corrected chi connectivity index (χ0v) is 18.2. The summed E-state index contributed by atoms with van der Waals surface area (Å²) in [6.45, 7) is -0.280. The standard InChI is InChI=1S/C24H20ClN3O4/c1-31-20-13-19(21(32-2)12-18(20)25)26-22(29)14-28-24(30)17-11-7-6-10-16(17)23(27-28)15-8-4-3-5-9-15/h3-13H,14H2,1-2H3,(H,26,29). The molecule has 0 bridgehead atoms. The van der Waals surface area contributed by atoms with E-state index >= 15 is 0 Å². The molecule has 7 nitrogen and oxygen atoms in total. The number of methoxy groups -OCH3 is 2. The summed E-state index contributed by atoms with van der Waals surface area (Å²) in [6.07, 6.45) is 0. The summed E-state index contributed by atoms with van der Waals surface area (Å²) < 4.78 is 11.7. The Bertz CT molecular complexity index is 1350. The largest absolute Gasteiger partial charge is 0.495 e. The number of fused-ring (bicyclic) bond motifs is 1. The van der Waals surface area contributed by atoms with Crippen LogP contribution in [0.4, 0.5) is 5.69 Å². The minimum atomic E-state index is -0.448. The first-order valence-electron chi connectivity index (χ1n) is 9.78. The van der Waals surface area contributed by atoms with Crippen molar-refractivity contribution in [1.82, 2.24) is 9.78 Å². The molecule has 1 amide bonds. The number of ether oxygens (including phenoxy) is 2. The third-order valence-electron chi connectivity index (χ3n) is 4.96. The fourth-order valence-electron chi connectivity index (χ4n) is 3.44. The Labute approximate surface area is 189 Å². The number of hydrogen-bond acceptors (Lipinski definition) is 5. The Kier molecular flexibility index (Phi) is 6.09. The van der Waals surface area contributed by atoms with Gasteiger partial charge in [0.2, 0.25) is 5.91 Å². The third-order valence-corrected chi connectivity index (χ3v) is 5.25. The molecule has 162 valence electrons. The van der Waals surface area contributed by atoms with Crippen LogP contribution < -0.4 is 20.3 Å². The van der Waals surface area contributed by atoms with Gasteiger partial charge in [-0.3, -0.25) is 9.59 Å². The summed E-state index contributed by atoms with van der Waals surface area (Å²) in [6, 6.07) is 19.8. The predicted octanol–water partition coefficient (Wildman–Crippen LogP) is 4.37. The quantitative estimate of drug-likeness (QED) is 0.472. The number of amides is 1. The molecule has 0 spiro atoms. The van der Waals surface area contributed by atoms with E-state index < -0.39 is 5.91 Å². The molecule has 0 saturated heterocycles. The molecule has 0 saturated carbocycles. The van der Waals surface area contributed by atoms with Crippen LogP contribution in [0, 0.1) is 0 Å². The molecular formula is C24H20ClN3O4. The lowest BCUT2D eigenvalue weighted by Gasteiger charge is -2.14. The highest BCUT2D eigenvalue weighted by Gasteiger charge is 2.16. The van der Waals surface area contributed by atoms with Gasteiger partial charge in [-0.1, -0.05) is 60.1 Å². The maximum atomic E-state index is 13.0. The first-order chi connectivity index (χ1) is 15.5. The molecule has 1 heterocycles. The van der Waals surface area contributed by atoms with Gasteiger partial charge in [-0.05, 0) is 6.07 Å². The smallest absolute Gasteiger partial charge is 0.275 e. The number of aromatic nitrogens is 2. The lowest BCUT2D eigenvalue weighted by Crippen LogP contribution is -2.30. The van der Waals surface area contributed by atoms with E-state index in [1.54, 1.807) is 24.3 Å². The topological polar surface area (TPSA) is 82.5 Å². The summed E-state index contributed by atoms with van der Waals surface area (Å²) in [7, 11) is 2.94. The van der Waals surface area contributed by atoms with Crippen molar-refractivity contribution in [1.29, 1.82) is 0 Å². The third kappa shape index (κ3) is 4.15. The molecule has 0 radical (unpaired) electrons. The van der Waals surface area contributed by atoms with Crippen LogP contribution in [0.15, 0.2) is 71.5 Å². The molecule has 1 N–H and O–H groups in total. The number of nitrogens with zero attached hydrogens (tertiary/aromatic N) is 2. The van der Waals surface area contributed by atoms with E-state index in [1.807, 2.05) is 42.5 Å². The first kappa shape index (κ1) is 21.4. The SMILES string of the molecule is COc1cc(NC(=O)Cn2nc(-c3ccccc3)c3ccccc3c2=O)c(OC)cc1Cl. The van der Waals surface area contributed by atoms with Crippen molar-refractivity contribution >= 4 is 34.0 Å². The molecule has 0 unspecified atom stereocenters. The van der Waals surface area contributed by atoms with Crippen LogP contribution in [0.1, 0.15) is 0 Å². The van der Waals surface area contributed by atoms with E-state index in [1.165, 1.54) is 18.9 Å². The molecule has 4 rings (SSSR count). The highest BCUT2D eigenvalue weighted by Crippen LogP contribution is 2.35. The molecule has 0 aliphatic carbocycles. The van der Waals surface area contributed by atoms with E-state index in [9.17, 15) is 9.59 Å². The fraction of sp³-hybridized carbons (Fsp3) is 0.125. The van der Waals surface area contributed by atoms with Crippen LogP contribution in [0.25, 0.3) is 22.0 Å². The van der Waals surface area contributed by atoms with Gasteiger partial charge in [0, 0.05) is 23.1 Å². The molecule has 4 aromatic rings. The van der Waals surface area contributed by atoms with Gasteiger partial charge in [-0.15, -0.1) is 0 Å². The average molecular weight is 450 g/mol. The number of halogens is 1. The molecule has 0 aliphatic heterocycles. The molecule has 0 fully saturated rings. The van der Waals surface area contributed by atoms with Crippen molar-refractivity contribution < 1.29 is 14.3 Å². The highest BCUT2D eigenvalue weighted by molar-refractivity contribution is 6.32. The summed E-state index contributed by atoms with van der Waals surface area (Å²) in [4.78, 5) is 25.9. The Morgan fingerprint density at radius 2 is 1.62 bits per heavy atom. The minimum Gasteiger partial charge on any atom is -0.495 e. The van der Waals surface area contributed by atoms with Gasteiger partial charge in [0.05, 0.1) is 36.0 Å². The van der Waals surface area contributed by atoms with E-state index in [-0.39, 0.29) is 12.1 Å². The second-order valence-electron chi connectivity index (χ2n) is 6.96. The molecular weight excluding hydrogens is 430 g/mol. The predicted molar refractivity (Wildman–Crippen MR) is 125 cm³/mol. The lowest BCUT2D eigenvalue weighted by molar-refractivity contribution is -0.117. The monoisotopic (exact) mass is 449 g/mol. The number of carbonyl (C=O) groups excluding carboxylic acids is 1. The number of nitrogens with one attached hydrogen (secondary N) is 1. The fourth-order valence-corrected chi connectivity index (χ4v) is 3.67. The zero-order chi connectivity index (χ0) is 22.7. The van der Waals surface area contributed by atoms with Crippen molar-refractivity contribution in [3.05, 3.63) is 82.1 Å². The van der Waals surface area contributed by atoms with Crippen LogP contribution >= 0.6 is 11.6 Å². The summed E-state index contributed by atoms with van der Waals surface area (Å²) >= 11 is 6.13. The van der Waals surface area contributed by atoms with Gasteiger partial charge in [-0.25, -0.2) is 4.68 Å². The van der Waals surface area contributed by atoms with Crippen molar-refractivity contribution in [3.8, 4) is 22.8 Å². The number of carbonyl (C=O) groups is 1. The van der Waals surface area contributed by atoms with Gasteiger partial charge in [0.15, 0.2) is 0 Å². The highest BCUT2D eigenvalue weighted by atomic mass is 35.5. The van der Waals surface area contributed by atoms with Crippen LogP contribution in [-0.2, 0) is 11.3 Å². The summed E-state index contributed by atoms with van der Waals surface area (Å²) in [5.74, 6) is 0.305. The second-order valence-corrected chi connectivity index (χ2v) is 7.37. The van der Waals surface area contributed by atoms with Gasteiger partial charge in [-0.2, -0.15) is 5.10 Å². The first-order valence-corrected chi connectivity index (χ1v) is 10.2. The maximum Gasteiger partial charge on any atom is 0.275 e. The van der Waals surface area contributed by atoms with E-state index in [4.69, 9.17) is 21.1 Å². The molecule has 8 heteroatoms. The normalized spacial score (nSPS) is 10.7. The Balaban J connectivity index is 1.72. The average Bonchev–Trinajstić information content (AvgIpc) is 2.82. The van der Waals surface area contributed by atoms with Crippen LogP contribution in [-0.4, -0.2) is 29.9 Å². The van der Waals surface area contributed by atoms with Gasteiger partial charge in [0.1, 0.15) is 18.0 Å². The minimum absolute atomic E-state index is 0.280. The van der Waals surface area contributed by atoms with Crippen molar-refractivity contribution in [2.45, 2.75) is 6.54 Å². The van der Waals surface area contributed by atoms with E-state index in [0.717, 1.165) is 10.9 Å². The Morgan fingerprint density at radius 1 is 0.969 bits per heavy atom. The Morgan fingerprint density at radius 3 is 2.31 bits per heavy atom. The van der Waals surface area contributed by atoms with Gasteiger partial charge >= 0.3 is 0 Å². The van der Waals surface area contributed by atoms with E-state index in [2.05, 4.69) is 10.4 Å². The van der Waals surface area contributed by atoms with Crippen LogP contribution in [0.2, 0.25) is 5.02 Å². The number of benzene rings is 3. The molecule has 1 aromatic heterocycles. The second kappa shape index (κ2) is 9.11. The number of anilines is 1. The lowest BCUT2D eigenvalue weighted by atomic mass is 10.1. The maximum absolute atomic E-state index is 13.0. The van der Waals surface area contributed by atoms with Crippen molar-refractivity contribution in [2.24, 2.45) is 0 Å². The Hall–Kier alpha value is -3.84. The molecule has 3 aromatic carbocycles. The van der Waals surface area contributed by atoms with Gasteiger partial charge < -0.3 is 14.8 Å². The van der Waals surface area contributed by atoms with Crippen LogP contribution in [0.3, 0.4) is 0 Å². The van der Waals surface area contributed by atoms with Gasteiger partial charge in [0.25, 0.3) is 5.56 Å².